The van der Waals surface area contributed by atoms with E-state index in [4.69, 9.17) is 18.6 Å². The molecule has 6 N–H and O–H groups in total. The summed E-state index contributed by atoms with van der Waals surface area (Å²) < 4.78 is 22.3. The number of ether oxygens (including phenoxy) is 3. The molecule has 3 aromatic carbocycles. The maximum atomic E-state index is 12.7. The fraction of sp³-hybridized carbons (Fsp3) is 0.200. The number of carbonyl (C=O) groups excluding carboxylic acids is 1. The van der Waals surface area contributed by atoms with E-state index in [1.807, 2.05) is 0 Å². The highest BCUT2D eigenvalue weighted by molar-refractivity contribution is 5.94. The fourth-order valence-electron chi connectivity index (χ4n) is 4.25. The Kier molecular flexibility index (Phi) is 8.24. The number of hydrogen-bond acceptors (Lipinski definition) is 12. The van der Waals surface area contributed by atoms with Crippen LogP contribution in [0, 0.1) is 0 Å². The van der Waals surface area contributed by atoms with Crippen molar-refractivity contribution in [2.45, 2.75) is 30.9 Å². The van der Waals surface area contributed by atoms with Crippen LogP contribution in [0.15, 0.2) is 82.0 Å². The zero-order valence-corrected chi connectivity index (χ0v) is 21.7. The van der Waals surface area contributed by atoms with Crippen LogP contribution in [-0.4, -0.2) is 73.9 Å². The number of ketones is 1. The first kappa shape index (κ1) is 28.8. The van der Waals surface area contributed by atoms with Crippen LogP contribution in [0.4, 0.5) is 0 Å². The summed E-state index contributed by atoms with van der Waals surface area (Å²) in [6, 6.07) is 15.5. The van der Waals surface area contributed by atoms with Gasteiger partial charge in [0.25, 0.3) is 0 Å². The van der Waals surface area contributed by atoms with Crippen molar-refractivity contribution in [3.05, 3.63) is 88.6 Å². The lowest BCUT2D eigenvalue weighted by Gasteiger charge is -2.39. The molecule has 5 rings (SSSR count). The lowest BCUT2D eigenvalue weighted by atomic mass is 10.0. The molecule has 12 heteroatoms. The van der Waals surface area contributed by atoms with Crippen molar-refractivity contribution in [3.63, 3.8) is 0 Å². The van der Waals surface area contributed by atoms with Gasteiger partial charge >= 0.3 is 0 Å². The van der Waals surface area contributed by atoms with Crippen LogP contribution in [0.2, 0.25) is 0 Å². The van der Waals surface area contributed by atoms with E-state index in [1.165, 1.54) is 60.7 Å². The van der Waals surface area contributed by atoms with Crippen molar-refractivity contribution in [2.75, 3.05) is 6.61 Å². The smallest absolute Gasteiger partial charge is 0.231 e. The van der Waals surface area contributed by atoms with E-state index in [1.54, 1.807) is 12.1 Å². The average molecular weight is 579 g/mol. The SMILES string of the molecule is O=C(/C=C\c1ccc(O)cc1)CO[C@H]1O[C@@H](Oc2cc(O)c3c(=O)cc(-c4ccc(O)cc4)oc3c2)[C@H](O)[C@@H](O)[C@@H]1O. The van der Waals surface area contributed by atoms with Crippen LogP contribution < -0.4 is 10.2 Å². The Balaban J connectivity index is 1.31. The number of aliphatic hydroxyl groups is 3. The molecule has 12 nitrogen and oxygen atoms in total. The first-order valence-electron chi connectivity index (χ1n) is 12.7. The molecule has 0 bridgehead atoms. The van der Waals surface area contributed by atoms with E-state index >= 15 is 0 Å². The lowest BCUT2D eigenvalue weighted by molar-refractivity contribution is -0.331. The Bertz CT molecular complexity index is 1660. The van der Waals surface area contributed by atoms with Crippen molar-refractivity contribution in [2.24, 2.45) is 0 Å². The maximum absolute atomic E-state index is 12.7. The number of rotatable bonds is 8. The van der Waals surface area contributed by atoms with Crippen molar-refractivity contribution in [3.8, 4) is 34.3 Å². The Morgan fingerprint density at radius 2 is 1.48 bits per heavy atom. The van der Waals surface area contributed by atoms with E-state index in [2.05, 4.69) is 0 Å². The van der Waals surface area contributed by atoms with Gasteiger partial charge in [0.15, 0.2) is 17.5 Å². The number of phenols is 3. The molecule has 0 saturated carbocycles. The van der Waals surface area contributed by atoms with E-state index in [-0.39, 0.29) is 34.0 Å². The van der Waals surface area contributed by atoms with Crippen molar-refractivity contribution < 1.29 is 54.1 Å². The standard InChI is InChI=1S/C30H26O12/c31-17-6-1-15(2-7-17)3-8-19(33)14-39-29-27(37)26(36)28(38)30(42-29)40-20-11-21(34)25-22(35)13-23(41-24(25)12-20)16-4-9-18(32)10-5-16/h1-13,26-32,34,36-38H,14H2/b8-3-/t26-,27-,28+,29-,30+/m0/s1. The number of aromatic hydroxyl groups is 3. The van der Waals surface area contributed by atoms with Gasteiger partial charge in [-0.3, -0.25) is 9.59 Å². The molecule has 42 heavy (non-hydrogen) atoms. The minimum absolute atomic E-state index is 0.0192. The monoisotopic (exact) mass is 578 g/mol. The fourth-order valence-corrected chi connectivity index (χ4v) is 4.25. The molecule has 2 heterocycles. The van der Waals surface area contributed by atoms with Gasteiger partial charge in [-0.15, -0.1) is 0 Å². The van der Waals surface area contributed by atoms with Crippen LogP contribution in [0.3, 0.4) is 0 Å². The van der Waals surface area contributed by atoms with Gasteiger partial charge in [-0.25, -0.2) is 0 Å². The molecule has 5 atom stereocenters. The van der Waals surface area contributed by atoms with Crippen molar-refractivity contribution in [1.82, 2.24) is 0 Å². The van der Waals surface area contributed by atoms with Crippen molar-refractivity contribution in [1.29, 1.82) is 0 Å². The number of aliphatic hydroxyl groups excluding tert-OH is 3. The van der Waals surface area contributed by atoms with Gasteiger partial charge in [0, 0.05) is 23.8 Å². The number of phenolic OH excluding ortho intramolecular Hbond substituents is 3. The Labute approximate surface area is 237 Å². The molecule has 1 aliphatic rings. The molecule has 0 radical (unpaired) electrons. The van der Waals surface area contributed by atoms with Gasteiger partial charge in [0.1, 0.15) is 64.6 Å². The van der Waals surface area contributed by atoms with Crippen LogP contribution in [0.1, 0.15) is 5.56 Å². The molecule has 218 valence electrons. The number of hydrogen-bond donors (Lipinski definition) is 6. The van der Waals surface area contributed by atoms with Crippen LogP contribution >= 0.6 is 0 Å². The quantitative estimate of drug-likeness (QED) is 0.167. The molecular formula is C30H26O12. The van der Waals surface area contributed by atoms with E-state index in [0.717, 1.165) is 6.07 Å². The van der Waals surface area contributed by atoms with Crippen LogP contribution in [0.5, 0.6) is 23.0 Å². The molecule has 0 spiro atoms. The second kappa shape index (κ2) is 12.0. The molecule has 0 amide bonds. The van der Waals surface area contributed by atoms with E-state index in [0.29, 0.717) is 11.1 Å². The summed E-state index contributed by atoms with van der Waals surface area (Å²) in [4.78, 5) is 25.0. The highest BCUT2D eigenvalue weighted by Gasteiger charge is 2.46. The predicted octanol–water partition coefficient (Wildman–Crippen LogP) is 2.02. The van der Waals surface area contributed by atoms with E-state index < -0.39 is 54.5 Å². The molecule has 0 unspecified atom stereocenters. The highest BCUT2D eigenvalue weighted by Crippen LogP contribution is 2.33. The zero-order chi connectivity index (χ0) is 30.0. The highest BCUT2D eigenvalue weighted by atomic mass is 16.8. The number of benzene rings is 3. The minimum Gasteiger partial charge on any atom is -0.508 e. The molecule has 1 saturated heterocycles. The van der Waals surface area contributed by atoms with Gasteiger partial charge in [0.2, 0.25) is 6.29 Å². The first-order valence-corrected chi connectivity index (χ1v) is 12.7. The van der Waals surface area contributed by atoms with Gasteiger partial charge in [-0.1, -0.05) is 18.2 Å². The van der Waals surface area contributed by atoms with Gasteiger partial charge in [-0.2, -0.15) is 0 Å². The normalized spacial score (nSPS) is 22.4. The summed E-state index contributed by atoms with van der Waals surface area (Å²) in [7, 11) is 0. The third-order valence-electron chi connectivity index (χ3n) is 6.46. The average Bonchev–Trinajstić information content (AvgIpc) is 2.96. The summed E-state index contributed by atoms with van der Waals surface area (Å²) in [6.07, 6.45) is -5.77. The Morgan fingerprint density at radius 1 is 0.833 bits per heavy atom. The minimum atomic E-state index is -1.79. The maximum Gasteiger partial charge on any atom is 0.231 e. The lowest BCUT2D eigenvalue weighted by Crippen LogP contribution is -2.60. The molecule has 1 aromatic heterocycles. The number of fused-ring (bicyclic) bond motifs is 1. The summed E-state index contributed by atoms with van der Waals surface area (Å²) >= 11 is 0. The van der Waals surface area contributed by atoms with Crippen molar-refractivity contribution >= 4 is 22.8 Å². The first-order chi connectivity index (χ1) is 20.1. The zero-order valence-electron chi connectivity index (χ0n) is 21.7. The predicted molar refractivity (Wildman–Crippen MR) is 147 cm³/mol. The summed E-state index contributed by atoms with van der Waals surface area (Å²) in [6.45, 7) is -0.548. The summed E-state index contributed by atoms with van der Waals surface area (Å²) in [5.41, 5.74) is 0.513. The summed E-state index contributed by atoms with van der Waals surface area (Å²) in [5, 5.41) is 60.4. The molecule has 1 aliphatic heterocycles. The Morgan fingerprint density at radius 3 is 2.17 bits per heavy atom. The molecule has 4 aromatic rings. The summed E-state index contributed by atoms with van der Waals surface area (Å²) in [5.74, 6) is -0.871. The van der Waals surface area contributed by atoms with Gasteiger partial charge in [-0.05, 0) is 48.0 Å². The van der Waals surface area contributed by atoms with Crippen LogP contribution in [0.25, 0.3) is 28.4 Å². The molecular weight excluding hydrogens is 552 g/mol. The largest absolute Gasteiger partial charge is 0.508 e. The Hall–Kier alpha value is -4.72. The number of carbonyl (C=O) groups is 1. The third-order valence-corrected chi connectivity index (χ3v) is 6.46. The van der Waals surface area contributed by atoms with Gasteiger partial charge < -0.3 is 49.3 Å². The van der Waals surface area contributed by atoms with E-state index in [9.17, 15) is 40.2 Å². The third kappa shape index (κ3) is 6.28. The topological polar surface area (TPSA) is 196 Å². The molecule has 1 fully saturated rings. The second-order valence-electron chi connectivity index (χ2n) is 9.50. The molecule has 0 aliphatic carbocycles. The van der Waals surface area contributed by atoms with Gasteiger partial charge in [0.05, 0.1) is 0 Å². The van der Waals surface area contributed by atoms with Crippen LogP contribution in [-0.2, 0) is 14.3 Å². The second-order valence-corrected chi connectivity index (χ2v) is 9.50.